The van der Waals surface area contributed by atoms with Crippen LogP contribution >= 0.6 is 27.5 Å². The summed E-state index contributed by atoms with van der Waals surface area (Å²) in [6.07, 6.45) is 0. The van der Waals surface area contributed by atoms with Gasteiger partial charge in [-0.15, -0.1) is 0 Å². The van der Waals surface area contributed by atoms with E-state index in [0.717, 1.165) is 15.8 Å². The summed E-state index contributed by atoms with van der Waals surface area (Å²) >= 11 is 9.11. The third-order valence-electron chi connectivity index (χ3n) is 2.92. The van der Waals surface area contributed by atoms with Gasteiger partial charge in [-0.25, -0.2) is 4.39 Å². The zero-order valence-electron chi connectivity index (χ0n) is 10.9. The van der Waals surface area contributed by atoms with Crippen molar-refractivity contribution in [2.75, 3.05) is 6.61 Å². The minimum absolute atomic E-state index is 0.0915. The van der Waals surface area contributed by atoms with Crippen LogP contribution in [0.3, 0.4) is 0 Å². The van der Waals surface area contributed by atoms with Gasteiger partial charge in [0.2, 0.25) is 0 Å². The van der Waals surface area contributed by atoms with E-state index >= 15 is 0 Å². The number of halogens is 3. The maximum Gasteiger partial charge on any atom is 0.142 e. The Labute approximate surface area is 130 Å². The molecule has 0 aliphatic heterocycles. The molecule has 0 amide bonds. The van der Waals surface area contributed by atoms with Crippen molar-refractivity contribution in [2.45, 2.75) is 13.0 Å². The molecule has 0 aliphatic carbocycles. The van der Waals surface area contributed by atoms with E-state index < -0.39 is 11.9 Å². The summed E-state index contributed by atoms with van der Waals surface area (Å²) in [5, 5.41) is 0.0915. The predicted octanol–water partition coefficient (Wildman–Crippen LogP) is 4.69. The molecule has 2 aromatic carbocycles. The van der Waals surface area contributed by atoms with Crippen LogP contribution in [-0.2, 0) is 0 Å². The average Bonchev–Trinajstić information content (AvgIpc) is 2.43. The molecule has 1 unspecified atom stereocenters. The van der Waals surface area contributed by atoms with E-state index in [0.29, 0.717) is 12.2 Å². The summed E-state index contributed by atoms with van der Waals surface area (Å²) in [6.45, 7) is 2.51. The zero-order chi connectivity index (χ0) is 14.7. The molecule has 2 aromatic rings. The van der Waals surface area contributed by atoms with Gasteiger partial charge in [-0.3, -0.25) is 0 Å². The van der Waals surface area contributed by atoms with Crippen LogP contribution in [0.5, 0.6) is 5.75 Å². The molecular formula is C15H14BrClFNO. The molecule has 106 valence electrons. The molecule has 0 saturated heterocycles. The van der Waals surface area contributed by atoms with Crippen LogP contribution in [0.2, 0.25) is 5.02 Å². The molecule has 5 heteroatoms. The Morgan fingerprint density at radius 3 is 2.50 bits per heavy atom. The third kappa shape index (κ3) is 3.32. The van der Waals surface area contributed by atoms with Gasteiger partial charge >= 0.3 is 0 Å². The molecule has 2 N–H and O–H groups in total. The van der Waals surface area contributed by atoms with E-state index in [-0.39, 0.29) is 5.02 Å². The van der Waals surface area contributed by atoms with Crippen LogP contribution in [0.1, 0.15) is 24.1 Å². The Hall–Kier alpha value is -1.10. The lowest BCUT2D eigenvalue weighted by atomic mass is 9.99. The fourth-order valence-electron chi connectivity index (χ4n) is 1.88. The van der Waals surface area contributed by atoms with Crippen molar-refractivity contribution in [1.29, 1.82) is 0 Å². The van der Waals surface area contributed by atoms with Crippen LogP contribution in [0.4, 0.5) is 4.39 Å². The minimum Gasteiger partial charge on any atom is -0.493 e. The number of hydrogen-bond acceptors (Lipinski definition) is 2. The lowest BCUT2D eigenvalue weighted by Crippen LogP contribution is -2.12. The largest absolute Gasteiger partial charge is 0.493 e. The number of nitrogens with two attached hydrogens (primary N) is 1. The van der Waals surface area contributed by atoms with E-state index in [1.54, 1.807) is 6.07 Å². The molecule has 2 rings (SSSR count). The molecule has 0 bridgehead atoms. The van der Waals surface area contributed by atoms with Crippen LogP contribution in [-0.4, -0.2) is 6.61 Å². The molecule has 0 aliphatic rings. The lowest BCUT2D eigenvalue weighted by molar-refractivity contribution is 0.338. The highest BCUT2D eigenvalue weighted by atomic mass is 79.9. The maximum atomic E-state index is 13.5. The summed E-state index contributed by atoms with van der Waals surface area (Å²) in [7, 11) is 0. The second-order valence-electron chi connectivity index (χ2n) is 4.27. The van der Waals surface area contributed by atoms with Crippen molar-refractivity contribution >= 4 is 27.5 Å². The fourth-order valence-corrected chi connectivity index (χ4v) is 2.51. The number of ether oxygens (including phenoxy) is 1. The third-order valence-corrected chi connectivity index (χ3v) is 3.84. The Morgan fingerprint density at radius 1 is 1.25 bits per heavy atom. The van der Waals surface area contributed by atoms with Gasteiger partial charge in [-0.2, -0.15) is 0 Å². The molecule has 20 heavy (non-hydrogen) atoms. The average molecular weight is 359 g/mol. The fraction of sp³-hybridized carbons (Fsp3) is 0.200. The smallest absolute Gasteiger partial charge is 0.142 e. The van der Waals surface area contributed by atoms with E-state index in [2.05, 4.69) is 15.9 Å². The standard InChI is InChI=1S/C15H14BrClFNO/c1-2-20-14-6-4-9(7-11(14)16)15(19)10-3-5-12(17)13(18)8-10/h3-8,15H,2,19H2,1H3. The molecule has 0 fully saturated rings. The Kier molecular flexibility index (Phi) is 5.02. The van der Waals surface area contributed by atoms with Gasteiger partial charge in [-0.05, 0) is 58.2 Å². The number of rotatable bonds is 4. The van der Waals surface area contributed by atoms with E-state index in [4.69, 9.17) is 22.1 Å². The van der Waals surface area contributed by atoms with Crippen molar-refractivity contribution in [3.8, 4) is 5.75 Å². The molecule has 0 spiro atoms. The topological polar surface area (TPSA) is 35.2 Å². The highest BCUT2D eigenvalue weighted by molar-refractivity contribution is 9.10. The minimum atomic E-state index is -0.468. The number of benzene rings is 2. The van der Waals surface area contributed by atoms with Crippen molar-refractivity contribution in [3.63, 3.8) is 0 Å². The number of hydrogen-bond donors (Lipinski definition) is 1. The van der Waals surface area contributed by atoms with Crippen LogP contribution in [0, 0.1) is 5.82 Å². The Bertz CT molecular complexity index is 621. The Balaban J connectivity index is 2.30. The summed E-state index contributed by atoms with van der Waals surface area (Å²) in [6, 6.07) is 9.76. The van der Waals surface area contributed by atoms with E-state index in [1.165, 1.54) is 12.1 Å². The van der Waals surface area contributed by atoms with Gasteiger partial charge in [0.05, 0.1) is 22.1 Å². The van der Waals surface area contributed by atoms with Crippen molar-refractivity contribution in [3.05, 3.63) is 62.8 Å². The zero-order valence-corrected chi connectivity index (χ0v) is 13.2. The second kappa shape index (κ2) is 6.57. The first-order valence-electron chi connectivity index (χ1n) is 6.15. The van der Waals surface area contributed by atoms with E-state index in [9.17, 15) is 4.39 Å². The van der Waals surface area contributed by atoms with Gasteiger partial charge in [-0.1, -0.05) is 23.7 Å². The van der Waals surface area contributed by atoms with Crippen LogP contribution in [0.15, 0.2) is 40.9 Å². The van der Waals surface area contributed by atoms with Crippen LogP contribution in [0.25, 0.3) is 0 Å². The summed E-state index contributed by atoms with van der Waals surface area (Å²) in [4.78, 5) is 0. The van der Waals surface area contributed by atoms with Gasteiger partial charge in [0, 0.05) is 0 Å². The molecular weight excluding hydrogens is 345 g/mol. The van der Waals surface area contributed by atoms with Crippen LogP contribution < -0.4 is 10.5 Å². The quantitative estimate of drug-likeness (QED) is 0.860. The summed E-state index contributed by atoms with van der Waals surface area (Å²) in [5.41, 5.74) is 7.69. The monoisotopic (exact) mass is 357 g/mol. The molecule has 1 atom stereocenters. The first-order chi connectivity index (χ1) is 9.52. The van der Waals surface area contributed by atoms with Gasteiger partial charge in [0.25, 0.3) is 0 Å². The van der Waals surface area contributed by atoms with Gasteiger partial charge in [0.15, 0.2) is 0 Å². The SMILES string of the molecule is CCOc1ccc(C(N)c2ccc(Cl)c(F)c2)cc1Br. The molecule has 0 aromatic heterocycles. The molecule has 0 heterocycles. The summed E-state index contributed by atoms with van der Waals surface area (Å²) in [5.74, 6) is 0.287. The lowest BCUT2D eigenvalue weighted by Gasteiger charge is -2.15. The van der Waals surface area contributed by atoms with Crippen molar-refractivity contribution < 1.29 is 9.13 Å². The van der Waals surface area contributed by atoms with Gasteiger partial charge in [0.1, 0.15) is 11.6 Å². The molecule has 0 saturated carbocycles. The normalized spacial score (nSPS) is 12.2. The molecule has 2 nitrogen and oxygen atoms in total. The van der Waals surface area contributed by atoms with Crippen molar-refractivity contribution in [2.24, 2.45) is 5.73 Å². The second-order valence-corrected chi connectivity index (χ2v) is 5.54. The highest BCUT2D eigenvalue weighted by Gasteiger charge is 2.13. The van der Waals surface area contributed by atoms with Crippen molar-refractivity contribution in [1.82, 2.24) is 0 Å². The first kappa shape index (κ1) is 15.3. The first-order valence-corrected chi connectivity index (χ1v) is 7.32. The Morgan fingerprint density at radius 2 is 1.90 bits per heavy atom. The summed E-state index contributed by atoms with van der Waals surface area (Å²) < 4.78 is 19.8. The maximum absolute atomic E-state index is 13.5. The van der Waals surface area contributed by atoms with E-state index in [1.807, 2.05) is 25.1 Å². The van der Waals surface area contributed by atoms with Gasteiger partial charge < -0.3 is 10.5 Å². The highest BCUT2D eigenvalue weighted by Crippen LogP contribution is 2.30. The predicted molar refractivity (Wildman–Crippen MR) is 82.8 cm³/mol. The molecule has 0 radical (unpaired) electrons.